The molecule has 0 bridgehead atoms. The van der Waals surface area contributed by atoms with Crippen molar-refractivity contribution < 1.29 is 14.3 Å². The van der Waals surface area contributed by atoms with Crippen molar-refractivity contribution in [2.24, 2.45) is 0 Å². The Hall–Kier alpha value is -2.21. The fourth-order valence-corrected chi connectivity index (χ4v) is 3.35. The highest BCUT2D eigenvalue weighted by Gasteiger charge is 2.37. The number of halogens is 1. The second-order valence-corrected chi connectivity index (χ2v) is 6.86. The van der Waals surface area contributed by atoms with E-state index in [0.717, 1.165) is 29.8 Å². The summed E-state index contributed by atoms with van der Waals surface area (Å²) in [5, 5.41) is 17.6. The quantitative estimate of drug-likeness (QED) is 0.846. The molecule has 25 heavy (non-hydrogen) atoms. The Morgan fingerprint density at radius 2 is 2.00 bits per heavy atom. The summed E-state index contributed by atoms with van der Waals surface area (Å²) in [7, 11) is 0. The number of benzene rings is 1. The number of carbonyl (C=O) groups excluding carboxylic acids is 1. The number of nitrogens with one attached hydrogen (secondary N) is 1. The minimum atomic E-state index is -0.830. The molecule has 1 amide bonds. The molecule has 3 rings (SSSR count). The normalized spacial score (nSPS) is 16.5. The lowest BCUT2D eigenvalue weighted by molar-refractivity contribution is -0.134. The third-order valence-corrected chi connectivity index (χ3v) is 4.88. The first-order valence-electron chi connectivity index (χ1n) is 8.64. The topological polar surface area (TPSA) is 69.2 Å². The molecule has 1 aliphatic carbocycles. The predicted molar refractivity (Wildman–Crippen MR) is 92.6 cm³/mol. The Kier molecular flexibility index (Phi) is 4.90. The number of aryl methyl sites for hydroxylation is 2. The summed E-state index contributed by atoms with van der Waals surface area (Å²) in [5.74, 6) is -0.665. The van der Waals surface area contributed by atoms with Crippen molar-refractivity contribution in [1.82, 2.24) is 15.1 Å². The van der Waals surface area contributed by atoms with E-state index < -0.39 is 6.10 Å². The maximum absolute atomic E-state index is 13.1. The summed E-state index contributed by atoms with van der Waals surface area (Å²) in [6, 6.07) is 5.94. The van der Waals surface area contributed by atoms with Crippen LogP contribution in [-0.2, 0) is 4.79 Å². The summed E-state index contributed by atoms with van der Waals surface area (Å²) in [6.45, 7) is 5.90. The van der Waals surface area contributed by atoms with E-state index in [4.69, 9.17) is 0 Å². The van der Waals surface area contributed by atoms with Crippen molar-refractivity contribution in [3.05, 3.63) is 52.6 Å². The standard InChI is InChI=1S/C19H24FN3O2/c1-11(18-12(2)21-22-13(18)3)19(25)23(16-8-9-16)10-17(24)14-4-6-15(20)7-5-14/h4-7,11,16-17,24H,8-10H2,1-3H3,(H,21,22)/t11-,17+/m1/s1. The van der Waals surface area contributed by atoms with Crippen LogP contribution in [0.3, 0.4) is 0 Å². The molecular weight excluding hydrogens is 321 g/mol. The van der Waals surface area contributed by atoms with Gasteiger partial charge in [0.05, 0.1) is 24.3 Å². The van der Waals surface area contributed by atoms with Crippen LogP contribution in [0.15, 0.2) is 24.3 Å². The van der Waals surface area contributed by atoms with E-state index in [9.17, 15) is 14.3 Å². The van der Waals surface area contributed by atoms with Gasteiger partial charge in [0.15, 0.2) is 0 Å². The molecule has 0 spiro atoms. The van der Waals surface area contributed by atoms with Gasteiger partial charge in [-0.25, -0.2) is 4.39 Å². The Labute approximate surface area is 146 Å². The van der Waals surface area contributed by atoms with Gasteiger partial charge in [-0.05, 0) is 51.3 Å². The van der Waals surface area contributed by atoms with Crippen LogP contribution in [0.2, 0.25) is 0 Å². The fraction of sp³-hybridized carbons (Fsp3) is 0.474. The lowest BCUT2D eigenvalue weighted by Gasteiger charge is -2.28. The van der Waals surface area contributed by atoms with Crippen LogP contribution < -0.4 is 0 Å². The van der Waals surface area contributed by atoms with Gasteiger partial charge in [0, 0.05) is 17.3 Å². The van der Waals surface area contributed by atoms with Gasteiger partial charge in [-0.3, -0.25) is 9.89 Å². The van der Waals surface area contributed by atoms with Gasteiger partial charge >= 0.3 is 0 Å². The molecule has 134 valence electrons. The van der Waals surface area contributed by atoms with E-state index in [1.165, 1.54) is 12.1 Å². The minimum absolute atomic E-state index is 0.00346. The monoisotopic (exact) mass is 345 g/mol. The van der Waals surface area contributed by atoms with Crippen LogP contribution in [0.25, 0.3) is 0 Å². The van der Waals surface area contributed by atoms with Gasteiger partial charge in [-0.2, -0.15) is 5.10 Å². The molecule has 1 saturated carbocycles. The Balaban J connectivity index is 1.76. The van der Waals surface area contributed by atoms with Gasteiger partial charge < -0.3 is 10.0 Å². The minimum Gasteiger partial charge on any atom is -0.387 e. The number of hydrogen-bond acceptors (Lipinski definition) is 3. The Bertz CT molecular complexity index is 733. The van der Waals surface area contributed by atoms with Crippen LogP contribution >= 0.6 is 0 Å². The maximum atomic E-state index is 13.1. The van der Waals surface area contributed by atoms with Crippen LogP contribution in [0.1, 0.15) is 54.3 Å². The van der Waals surface area contributed by atoms with Crippen LogP contribution in [0.5, 0.6) is 0 Å². The molecule has 1 aromatic heterocycles. The molecule has 0 radical (unpaired) electrons. The highest BCUT2D eigenvalue weighted by atomic mass is 19.1. The molecule has 0 saturated heterocycles. The summed E-state index contributed by atoms with van der Waals surface area (Å²) in [4.78, 5) is 14.8. The lowest BCUT2D eigenvalue weighted by Crippen LogP contribution is -2.39. The first-order chi connectivity index (χ1) is 11.9. The van der Waals surface area contributed by atoms with Crippen molar-refractivity contribution in [2.75, 3.05) is 6.54 Å². The number of aliphatic hydroxyl groups is 1. The predicted octanol–water partition coefficient (Wildman–Crippen LogP) is 2.99. The zero-order chi connectivity index (χ0) is 18.1. The zero-order valence-corrected chi connectivity index (χ0v) is 14.8. The van der Waals surface area contributed by atoms with Crippen molar-refractivity contribution >= 4 is 5.91 Å². The SMILES string of the molecule is Cc1n[nH]c(C)c1[C@@H](C)C(=O)N(C[C@H](O)c1ccc(F)cc1)C1CC1. The van der Waals surface area contributed by atoms with E-state index in [-0.39, 0.29) is 30.2 Å². The van der Waals surface area contributed by atoms with Gasteiger partial charge in [-0.1, -0.05) is 12.1 Å². The van der Waals surface area contributed by atoms with E-state index >= 15 is 0 Å². The van der Waals surface area contributed by atoms with Crippen LogP contribution in [0.4, 0.5) is 4.39 Å². The molecule has 5 nitrogen and oxygen atoms in total. The van der Waals surface area contributed by atoms with E-state index in [0.29, 0.717) is 5.56 Å². The average Bonchev–Trinajstić information content (AvgIpc) is 3.37. The first-order valence-corrected chi connectivity index (χ1v) is 8.64. The molecule has 1 aliphatic rings. The van der Waals surface area contributed by atoms with E-state index in [1.54, 1.807) is 17.0 Å². The molecule has 1 aromatic carbocycles. The average molecular weight is 345 g/mol. The largest absolute Gasteiger partial charge is 0.387 e. The second kappa shape index (κ2) is 6.96. The van der Waals surface area contributed by atoms with Gasteiger partial charge in [0.2, 0.25) is 5.91 Å². The molecule has 0 unspecified atom stereocenters. The summed E-state index contributed by atoms with van der Waals surface area (Å²) >= 11 is 0. The third-order valence-electron chi connectivity index (χ3n) is 4.88. The van der Waals surface area contributed by atoms with E-state index in [2.05, 4.69) is 10.2 Å². The number of amides is 1. The molecule has 1 heterocycles. The molecule has 6 heteroatoms. The number of aliphatic hydroxyl groups excluding tert-OH is 1. The Morgan fingerprint density at radius 3 is 2.52 bits per heavy atom. The first kappa shape index (κ1) is 17.6. The third kappa shape index (κ3) is 3.74. The van der Waals surface area contributed by atoms with Crippen molar-refractivity contribution in [2.45, 2.75) is 51.7 Å². The van der Waals surface area contributed by atoms with Crippen molar-refractivity contribution in [1.29, 1.82) is 0 Å². The summed E-state index contributed by atoms with van der Waals surface area (Å²) < 4.78 is 13.1. The zero-order valence-electron chi connectivity index (χ0n) is 14.8. The lowest BCUT2D eigenvalue weighted by atomic mass is 9.97. The number of nitrogens with zero attached hydrogens (tertiary/aromatic N) is 2. The van der Waals surface area contributed by atoms with Crippen molar-refractivity contribution in [3.63, 3.8) is 0 Å². The number of aromatic amines is 1. The number of hydrogen-bond donors (Lipinski definition) is 2. The van der Waals surface area contributed by atoms with Gasteiger partial charge in [-0.15, -0.1) is 0 Å². The summed E-state index contributed by atoms with van der Waals surface area (Å²) in [5.41, 5.74) is 3.26. The molecule has 0 aliphatic heterocycles. The molecule has 1 fully saturated rings. The highest BCUT2D eigenvalue weighted by Crippen LogP contribution is 2.33. The fourth-order valence-electron chi connectivity index (χ4n) is 3.35. The number of rotatable bonds is 6. The Morgan fingerprint density at radius 1 is 1.36 bits per heavy atom. The second-order valence-electron chi connectivity index (χ2n) is 6.86. The molecule has 2 aromatic rings. The number of carbonyl (C=O) groups is 1. The van der Waals surface area contributed by atoms with Gasteiger partial charge in [0.1, 0.15) is 5.82 Å². The highest BCUT2D eigenvalue weighted by molar-refractivity contribution is 5.84. The smallest absolute Gasteiger partial charge is 0.230 e. The number of H-pyrrole nitrogens is 1. The summed E-state index contributed by atoms with van der Waals surface area (Å²) in [6.07, 6.45) is 1.08. The molecular formula is C19H24FN3O2. The van der Waals surface area contributed by atoms with Crippen molar-refractivity contribution in [3.8, 4) is 0 Å². The van der Waals surface area contributed by atoms with E-state index in [1.807, 2.05) is 20.8 Å². The molecule has 2 atom stereocenters. The van der Waals surface area contributed by atoms with Gasteiger partial charge in [0.25, 0.3) is 0 Å². The maximum Gasteiger partial charge on any atom is 0.230 e. The van der Waals surface area contributed by atoms with Crippen LogP contribution in [0, 0.1) is 19.7 Å². The number of aromatic nitrogens is 2. The van der Waals surface area contributed by atoms with Crippen LogP contribution in [-0.4, -0.2) is 38.7 Å². The molecule has 2 N–H and O–H groups in total.